The third kappa shape index (κ3) is 11.6. The van der Waals surface area contributed by atoms with Gasteiger partial charge in [0, 0.05) is 11.1 Å². The number of carbonyl (C=O) groups excluding carboxylic acids is 4. The molecule has 0 spiro atoms. The second-order valence-electron chi connectivity index (χ2n) is 16.7. The monoisotopic (exact) mass is 840 g/mol. The molecule has 0 radical (unpaired) electrons. The summed E-state index contributed by atoms with van der Waals surface area (Å²) in [6, 6.07) is 35.1. The standard InChI is InChI=1S/C50H52N2O10/c1-31(51-47(55)61-49(3,4)5)45(53)59-43-39(57-29-33-19-11-9-12-20-33)27-35-23-15-17-25-37(35)41(43)42-38-26-18-16-24-36(38)28-40(58-30-34-21-13-10-14-22-34)44(42)60-46(54)32(2)52-48(56)62-50(6,7)8/h9-28,31-32H,29-30H2,1-8H3,(H,51,55)(H,52,56)/t31-,32-/m0/s1. The first-order valence-corrected chi connectivity index (χ1v) is 20.3. The zero-order chi connectivity index (χ0) is 44.6. The maximum Gasteiger partial charge on any atom is 0.408 e. The van der Waals surface area contributed by atoms with Gasteiger partial charge >= 0.3 is 24.1 Å². The number of alkyl carbamates (subject to hydrolysis) is 2. The minimum absolute atomic E-state index is 0.00920. The minimum atomic E-state index is -1.18. The van der Waals surface area contributed by atoms with Crippen molar-refractivity contribution in [3.05, 3.63) is 132 Å². The molecule has 0 aliphatic rings. The Balaban J connectivity index is 1.59. The minimum Gasteiger partial charge on any atom is -0.485 e. The lowest BCUT2D eigenvalue weighted by atomic mass is 9.91. The normalized spacial score (nSPS) is 12.5. The van der Waals surface area contributed by atoms with Gasteiger partial charge in [-0.2, -0.15) is 0 Å². The van der Waals surface area contributed by atoms with Gasteiger partial charge in [0.1, 0.15) is 36.5 Å². The molecule has 6 aromatic carbocycles. The van der Waals surface area contributed by atoms with Gasteiger partial charge < -0.3 is 39.1 Å². The zero-order valence-corrected chi connectivity index (χ0v) is 36.2. The van der Waals surface area contributed by atoms with E-state index in [1.165, 1.54) is 13.8 Å². The quantitative estimate of drug-likeness (QED) is 0.0850. The molecule has 0 fully saturated rings. The highest BCUT2D eigenvalue weighted by molar-refractivity contribution is 6.12. The molecule has 0 saturated heterocycles. The van der Waals surface area contributed by atoms with Crippen molar-refractivity contribution in [3.8, 4) is 34.1 Å². The highest BCUT2D eigenvalue weighted by atomic mass is 16.6. The lowest BCUT2D eigenvalue weighted by Crippen LogP contribution is -2.43. The lowest BCUT2D eigenvalue weighted by molar-refractivity contribution is -0.137. The van der Waals surface area contributed by atoms with Crippen LogP contribution in [0.1, 0.15) is 66.5 Å². The van der Waals surface area contributed by atoms with E-state index in [4.69, 9.17) is 28.4 Å². The molecular formula is C50H52N2O10. The van der Waals surface area contributed by atoms with Gasteiger partial charge in [0.25, 0.3) is 0 Å². The molecule has 0 aromatic heterocycles. The average Bonchev–Trinajstić information content (AvgIpc) is 3.21. The van der Waals surface area contributed by atoms with Crippen LogP contribution in [-0.2, 0) is 32.3 Å². The first-order valence-electron chi connectivity index (χ1n) is 20.3. The smallest absolute Gasteiger partial charge is 0.408 e. The second-order valence-corrected chi connectivity index (χ2v) is 16.7. The SMILES string of the molecule is C[C@H](NC(=O)OC(C)(C)C)C(=O)Oc1c(OCc2ccccc2)cc2ccccc2c1-c1c(OC(=O)[C@H](C)NC(=O)OC(C)(C)C)c(OCc2ccccc2)cc2ccccc12. The van der Waals surface area contributed by atoms with Gasteiger partial charge in [-0.05, 0) is 100 Å². The van der Waals surface area contributed by atoms with Crippen LogP contribution in [0, 0.1) is 0 Å². The van der Waals surface area contributed by atoms with E-state index in [-0.39, 0.29) is 36.2 Å². The van der Waals surface area contributed by atoms with Crippen molar-refractivity contribution < 1.29 is 47.6 Å². The maximum atomic E-state index is 14.2. The number of nitrogens with one attached hydrogen (secondary N) is 2. The fraction of sp³-hybridized carbons (Fsp3) is 0.280. The molecule has 2 N–H and O–H groups in total. The molecule has 0 aliphatic carbocycles. The van der Waals surface area contributed by atoms with Crippen LogP contribution in [0.15, 0.2) is 121 Å². The number of rotatable bonds is 13. The van der Waals surface area contributed by atoms with E-state index in [1.807, 2.05) is 109 Å². The molecule has 0 saturated carbocycles. The van der Waals surface area contributed by atoms with E-state index in [0.29, 0.717) is 32.7 Å². The van der Waals surface area contributed by atoms with E-state index in [9.17, 15) is 19.2 Å². The van der Waals surface area contributed by atoms with Crippen LogP contribution in [0.2, 0.25) is 0 Å². The number of esters is 2. The van der Waals surface area contributed by atoms with Gasteiger partial charge in [0.2, 0.25) is 0 Å². The van der Waals surface area contributed by atoms with Gasteiger partial charge in [-0.25, -0.2) is 19.2 Å². The van der Waals surface area contributed by atoms with Gasteiger partial charge in [-0.1, -0.05) is 109 Å². The number of benzene rings is 6. The van der Waals surface area contributed by atoms with Crippen LogP contribution in [0.5, 0.6) is 23.0 Å². The molecule has 12 heteroatoms. The predicted octanol–water partition coefficient (Wildman–Crippen LogP) is 10.5. The molecule has 6 aromatic rings. The largest absolute Gasteiger partial charge is 0.485 e. The van der Waals surface area contributed by atoms with Crippen molar-refractivity contribution in [2.45, 2.75) is 91.9 Å². The number of ether oxygens (including phenoxy) is 6. The molecule has 2 atom stereocenters. The Morgan fingerprint density at radius 3 is 1.19 bits per heavy atom. The van der Waals surface area contributed by atoms with Gasteiger partial charge in [0.05, 0.1) is 0 Å². The third-order valence-electron chi connectivity index (χ3n) is 9.24. The number of amides is 2. The van der Waals surface area contributed by atoms with E-state index >= 15 is 0 Å². The molecule has 2 amide bonds. The Morgan fingerprint density at radius 2 is 0.839 bits per heavy atom. The van der Waals surface area contributed by atoms with Crippen molar-refractivity contribution in [1.82, 2.24) is 10.6 Å². The Hall–Kier alpha value is -7.08. The van der Waals surface area contributed by atoms with E-state index < -0.39 is 47.4 Å². The molecule has 12 nitrogen and oxygen atoms in total. The summed E-state index contributed by atoms with van der Waals surface area (Å²) in [4.78, 5) is 54.1. The number of hydrogen-bond donors (Lipinski definition) is 2. The Kier molecular flexibility index (Phi) is 13.7. The molecule has 0 unspecified atom stereocenters. The molecule has 322 valence electrons. The fourth-order valence-corrected chi connectivity index (χ4v) is 6.45. The van der Waals surface area contributed by atoms with Gasteiger partial charge in [0.15, 0.2) is 23.0 Å². The average molecular weight is 841 g/mol. The fourth-order valence-electron chi connectivity index (χ4n) is 6.45. The van der Waals surface area contributed by atoms with Crippen molar-refractivity contribution >= 4 is 45.7 Å². The molecule has 0 heterocycles. The number of hydrogen-bond acceptors (Lipinski definition) is 10. The van der Waals surface area contributed by atoms with Crippen LogP contribution >= 0.6 is 0 Å². The lowest BCUT2D eigenvalue weighted by Gasteiger charge is -2.25. The zero-order valence-electron chi connectivity index (χ0n) is 36.2. The summed E-state index contributed by atoms with van der Waals surface area (Å²) in [6.07, 6.45) is -1.61. The summed E-state index contributed by atoms with van der Waals surface area (Å²) in [6.45, 7) is 13.5. The summed E-state index contributed by atoms with van der Waals surface area (Å²) < 4.78 is 36.6. The third-order valence-corrected chi connectivity index (χ3v) is 9.24. The molecule has 0 bridgehead atoms. The van der Waals surface area contributed by atoms with Crippen molar-refractivity contribution in [1.29, 1.82) is 0 Å². The van der Waals surface area contributed by atoms with Crippen LogP contribution < -0.4 is 29.6 Å². The van der Waals surface area contributed by atoms with Crippen LogP contribution in [0.3, 0.4) is 0 Å². The highest BCUT2D eigenvalue weighted by Gasteiger charge is 2.32. The van der Waals surface area contributed by atoms with Crippen LogP contribution in [0.25, 0.3) is 32.7 Å². The Labute approximate surface area is 361 Å². The van der Waals surface area contributed by atoms with Crippen LogP contribution in [0.4, 0.5) is 9.59 Å². The first-order chi connectivity index (χ1) is 29.5. The van der Waals surface area contributed by atoms with Crippen LogP contribution in [-0.4, -0.2) is 47.4 Å². The number of fused-ring (bicyclic) bond motifs is 2. The maximum absolute atomic E-state index is 14.2. The van der Waals surface area contributed by atoms with Crippen molar-refractivity contribution in [3.63, 3.8) is 0 Å². The Bertz CT molecular complexity index is 2380. The first kappa shape index (κ1) is 44.5. The van der Waals surface area contributed by atoms with Gasteiger partial charge in [-0.3, -0.25) is 0 Å². The summed E-state index contributed by atoms with van der Waals surface area (Å²) in [7, 11) is 0. The molecular weight excluding hydrogens is 789 g/mol. The molecule has 0 aliphatic heterocycles. The molecule has 62 heavy (non-hydrogen) atoms. The van der Waals surface area contributed by atoms with E-state index in [2.05, 4.69) is 10.6 Å². The summed E-state index contributed by atoms with van der Waals surface area (Å²) >= 11 is 0. The summed E-state index contributed by atoms with van der Waals surface area (Å²) in [5.41, 5.74) is 0.728. The van der Waals surface area contributed by atoms with E-state index in [0.717, 1.165) is 11.1 Å². The Morgan fingerprint density at radius 1 is 0.500 bits per heavy atom. The topological polar surface area (TPSA) is 148 Å². The molecule has 6 rings (SSSR count). The van der Waals surface area contributed by atoms with Crippen molar-refractivity contribution in [2.24, 2.45) is 0 Å². The van der Waals surface area contributed by atoms with Gasteiger partial charge in [-0.15, -0.1) is 0 Å². The summed E-state index contributed by atoms with van der Waals surface area (Å²) in [5, 5.41) is 7.78. The second kappa shape index (κ2) is 19.1. The highest BCUT2D eigenvalue weighted by Crippen LogP contribution is 2.53. The number of carbonyl (C=O) groups is 4. The van der Waals surface area contributed by atoms with E-state index in [1.54, 1.807) is 53.7 Å². The summed E-state index contributed by atoms with van der Waals surface area (Å²) in [5.74, 6) is -1.29. The van der Waals surface area contributed by atoms with Crippen molar-refractivity contribution in [2.75, 3.05) is 0 Å². The predicted molar refractivity (Wildman–Crippen MR) is 237 cm³/mol.